The molecule has 0 aliphatic carbocycles. The van der Waals surface area contributed by atoms with E-state index in [9.17, 15) is 13.2 Å². The first kappa shape index (κ1) is 19.3. The second-order valence-corrected chi connectivity index (χ2v) is 10.0. The van der Waals surface area contributed by atoms with E-state index in [1.165, 1.54) is 0 Å². The van der Waals surface area contributed by atoms with Crippen LogP contribution in [0.5, 0.6) is 0 Å². The van der Waals surface area contributed by atoms with Crippen LogP contribution in [0.2, 0.25) is 0 Å². The predicted molar refractivity (Wildman–Crippen MR) is 110 cm³/mol. The van der Waals surface area contributed by atoms with Crippen molar-refractivity contribution in [3.63, 3.8) is 0 Å². The van der Waals surface area contributed by atoms with Crippen LogP contribution in [0.1, 0.15) is 19.4 Å². The number of carbonyl (C=O) groups is 1. The maximum atomic E-state index is 12.4. The molecule has 0 unspecified atom stereocenters. The molecule has 2 amide bonds. The van der Waals surface area contributed by atoms with Crippen molar-refractivity contribution >= 4 is 48.8 Å². The maximum absolute atomic E-state index is 12.4. The number of hydrogen-bond donors (Lipinski definition) is 2. The zero-order valence-corrected chi connectivity index (χ0v) is 16.9. The number of amides is 2. The minimum absolute atomic E-state index is 0.0320. The molecule has 2 N–H and O–H groups in total. The monoisotopic (exact) mass is 403 g/mol. The highest BCUT2D eigenvalue weighted by atomic mass is 32.2. The van der Waals surface area contributed by atoms with E-state index >= 15 is 0 Å². The van der Waals surface area contributed by atoms with Gasteiger partial charge in [-0.25, -0.2) is 18.2 Å². The summed E-state index contributed by atoms with van der Waals surface area (Å²) in [4.78, 5) is 16.4. The second kappa shape index (κ2) is 7.66. The van der Waals surface area contributed by atoms with Gasteiger partial charge in [-0.2, -0.15) is 0 Å². The Hall–Kier alpha value is -2.45. The smallest absolute Gasteiger partial charge is 0.308 e. The van der Waals surface area contributed by atoms with Crippen LogP contribution in [-0.2, 0) is 9.84 Å². The molecule has 1 aromatic heterocycles. The molecule has 0 saturated carbocycles. The van der Waals surface area contributed by atoms with Crippen molar-refractivity contribution in [1.29, 1.82) is 0 Å². The number of rotatable bonds is 5. The van der Waals surface area contributed by atoms with Crippen LogP contribution >= 0.6 is 11.3 Å². The average Bonchev–Trinajstić information content (AvgIpc) is 2.97. The number of carbonyl (C=O) groups excluding carboxylic acids is 1. The van der Waals surface area contributed by atoms with Crippen LogP contribution < -0.4 is 10.6 Å². The molecule has 0 radical (unpaired) electrons. The highest BCUT2D eigenvalue weighted by molar-refractivity contribution is 7.93. The summed E-state index contributed by atoms with van der Waals surface area (Å²) < 4.78 is 25.6. The van der Waals surface area contributed by atoms with Crippen molar-refractivity contribution < 1.29 is 13.2 Å². The summed E-state index contributed by atoms with van der Waals surface area (Å²) in [5.74, 6) is 0.0983. The summed E-state index contributed by atoms with van der Waals surface area (Å²) in [5.41, 5.74) is 2.93. The van der Waals surface area contributed by atoms with Gasteiger partial charge in [0, 0.05) is 11.4 Å². The van der Waals surface area contributed by atoms with Gasteiger partial charge in [-0.05, 0) is 48.7 Å². The van der Waals surface area contributed by atoms with Gasteiger partial charge in [-0.3, -0.25) is 0 Å². The molecule has 0 bridgehead atoms. The molecule has 142 valence electrons. The molecule has 27 heavy (non-hydrogen) atoms. The number of anilines is 2. The van der Waals surface area contributed by atoms with Crippen molar-refractivity contribution in [2.24, 2.45) is 5.92 Å². The van der Waals surface area contributed by atoms with Crippen LogP contribution in [0.4, 0.5) is 16.2 Å². The average molecular weight is 404 g/mol. The summed E-state index contributed by atoms with van der Waals surface area (Å²) in [7, 11) is -3.39. The van der Waals surface area contributed by atoms with Gasteiger partial charge in [0.1, 0.15) is 0 Å². The fourth-order valence-electron chi connectivity index (χ4n) is 2.64. The third-order valence-electron chi connectivity index (χ3n) is 3.72. The number of aryl methyl sites for hydroxylation is 1. The van der Waals surface area contributed by atoms with Crippen molar-refractivity contribution in [3.05, 3.63) is 48.0 Å². The molecule has 0 spiro atoms. The molecular formula is C19H21N3O3S2. The molecule has 0 atom stereocenters. The van der Waals surface area contributed by atoms with Crippen LogP contribution in [0.3, 0.4) is 0 Å². The van der Waals surface area contributed by atoms with Crippen molar-refractivity contribution in [1.82, 2.24) is 4.98 Å². The van der Waals surface area contributed by atoms with Gasteiger partial charge in [0.05, 0.1) is 16.0 Å². The molecule has 0 saturated heterocycles. The summed E-state index contributed by atoms with van der Waals surface area (Å²) in [6.45, 7) is 5.67. The van der Waals surface area contributed by atoms with Crippen LogP contribution in [0.15, 0.2) is 46.8 Å². The topological polar surface area (TPSA) is 88.2 Å². The van der Waals surface area contributed by atoms with Gasteiger partial charge in [-0.1, -0.05) is 26.0 Å². The van der Waals surface area contributed by atoms with Gasteiger partial charge >= 0.3 is 6.03 Å². The normalized spacial score (nSPS) is 11.7. The Balaban J connectivity index is 1.77. The number of nitrogens with zero attached hydrogens (tertiary/aromatic N) is 1. The summed E-state index contributed by atoms with van der Waals surface area (Å²) >= 11 is 1.12. The first-order valence-electron chi connectivity index (χ1n) is 8.51. The minimum Gasteiger partial charge on any atom is -0.308 e. The molecule has 3 aromatic rings. The number of fused-ring (bicyclic) bond motifs is 1. The molecule has 0 aliphatic heterocycles. The Labute approximate surface area is 162 Å². The zero-order valence-electron chi connectivity index (χ0n) is 15.3. The fraction of sp³-hybridized carbons (Fsp3) is 0.263. The van der Waals surface area contributed by atoms with E-state index in [2.05, 4.69) is 15.6 Å². The van der Waals surface area contributed by atoms with Gasteiger partial charge in [0.2, 0.25) is 14.2 Å². The lowest BCUT2D eigenvalue weighted by Gasteiger charge is -2.08. The molecule has 3 rings (SSSR count). The SMILES string of the molecule is Cc1cccc(NC(=O)Nc2ccc3nc(S(=O)(=O)CC(C)C)sc3c2)c1. The highest BCUT2D eigenvalue weighted by Crippen LogP contribution is 2.29. The van der Waals surface area contributed by atoms with Crippen molar-refractivity contribution in [2.45, 2.75) is 25.1 Å². The molecule has 0 aliphatic rings. The first-order valence-corrected chi connectivity index (χ1v) is 11.0. The van der Waals surface area contributed by atoms with Crippen molar-refractivity contribution in [2.75, 3.05) is 16.4 Å². The minimum atomic E-state index is -3.39. The number of benzene rings is 2. The number of urea groups is 1. The predicted octanol–water partition coefficient (Wildman–Crippen LogP) is 4.68. The number of aromatic nitrogens is 1. The van der Waals surface area contributed by atoms with Gasteiger partial charge in [0.15, 0.2) is 0 Å². The Morgan fingerprint density at radius 1 is 1.11 bits per heavy atom. The Morgan fingerprint density at radius 2 is 1.81 bits per heavy atom. The quantitative estimate of drug-likeness (QED) is 0.647. The second-order valence-electron chi connectivity index (χ2n) is 6.79. The van der Waals surface area contributed by atoms with Gasteiger partial charge < -0.3 is 10.6 Å². The first-order chi connectivity index (χ1) is 12.7. The molecular weight excluding hydrogens is 382 g/mol. The lowest BCUT2D eigenvalue weighted by molar-refractivity contribution is 0.262. The standard InChI is InChI=1S/C19H21N3O3S2/c1-12(2)11-27(24,25)19-22-16-8-7-15(10-17(16)26-19)21-18(23)20-14-6-4-5-13(3)9-14/h4-10,12H,11H2,1-3H3,(H2,20,21,23). The molecule has 6 nitrogen and oxygen atoms in total. The number of sulfone groups is 1. The van der Waals surface area contributed by atoms with E-state index in [1.807, 2.05) is 45.0 Å². The van der Waals surface area contributed by atoms with E-state index in [-0.39, 0.29) is 22.0 Å². The summed E-state index contributed by atoms with van der Waals surface area (Å²) in [6.07, 6.45) is 0. The van der Waals surface area contributed by atoms with Gasteiger partial charge in [0.25, 0.3) is 0 Å². The lowest BCUT2D eigenvalue weighted by atomic mass is 10.2. The van der Waals surface area contributed by atoms with Gasteiger partial charge in [-0.15, -0.1) is 11.3 Å². The van der Waals surface area contributed by atoms with Crippen LogP contribution in [0.25, 0.3) is 10.2 Å². The molecule has 2 aromatic carbocycles. The van der Waals surface area contributed by atoms with Crippen molar-refractivity contribution in [3.8, 4) is 0 Å². The van der Waals surface area contributed by atoms with E-state index < -0.39 is 9.84 Å². The summed E-state index contributed by atoms with van der Waals surface area (Å²) in [6, 6.07) is 12.3. The Morgan fingerprint density at radius 3 is 2.48 bits per heavy atom. The van der Waals surface area contributed by atoms with Crippen LogP contribution in [-0.4, -0.2) is 25.2 Å². The Bertz CT molecular complexity index is 1090. The fourth-order valence-corrected chi connectivity index (χ4v) is 5.62. The third kappa shape index (κ3) is 4.84. The molecule has 1 heterocycles. The van der Waals surface area contributed by atoms with E-state index in [0.717, 1.165) is 16.9 Å². The zero-order chi connectivity index (χ0) is 19.6. The maximum Gasteiger partial charge on any atom is 0.323 e. The number of nitrogens with one attached hydrogen (secondary N) is 2. The number of thiazole rings is 1. The Kier molecular flexibility index (Phi) is 5.48. The third-order valence-corrected chi connectivity index (χ3v) is 7.27. The lowest BCUT2D eigenvalue weighted by Crippen LogP contribution is -2.19. The summed E-state index contributed by atoms with van der Waals surface area (Å²) in [5, 5.41) is 5.53. The van der Waals surface area contributed by atoms with E-state index in [1.54, 1.807) is 18.2 Å². The molecule has 8 heteroatoms. The number of hydrogen-bond acceptors (Lipinski definition) is 5. The van der Waals surface area contributed by atoms with E-state index in [0.29, 0.717) is 21.6 Å². The van der Waals surface area contributed by atoms with E-state index in [4.69, 9.17) is 0 Å². The highest BCUT2D eigenvalue weighted by Gasteiger charge is 2.21. The molecule has 0 fully saturated rings. The largest absolute Gasteiger partial charge is 0.323 e. The van der Waals surface area contributed by atoms with Crippen LogP contribution in [0, 0.1) is 12.8 Å².